The van der Waals surface area contributed by atoms with Gasteiger partial charge in [0.05, 0.1) is 23.3 Å². The molecule has 2 amide bonds. The van der Waals surface area contributed by atoms with Crippen LogP contribution in [0.2, 0.25) is 0 Å². The average Bonchev–Trinajstić information content (AvgIpc) is 3.37. The molecule has 29 heavy (non-hydrogen) atoms. The first-order chi connectivity index (χ1) is 13.8. The summed E-state index contributed by atoms with van der Waals surface area (Å²) in [6.07, 6.45) is 1.59. The molecule has 3 heterocycles. The Balaban J connectivity index is 1.56. The highest BCUT2D eigenvalue weighted by molar-refractivity contribution is 7.22. The Hall–Kier alpha value is -2.71. The van der Waals surface area contributed by atoms with Crippen LogP contribution in [0.1, 0.15) is 30.4 Å². The summed E-state index contributed by atoms with van der Waals surface area (Å²) in [5, 5.41) is 5.71. The van der Waals surface area contributed by atoms with Gasteiger partial charge in [0.1, 0.15) is 22.2 Å². The average molecular weight is 428 g/mol. The van der Waals surface area contributed by atoms with Crippen LogP contribution in [0.5, 0.6) is 5.75 Å². The van der Waals surface area contributed by atoms with Gasteiger partial charge >= 0.3 is 0 Å². The van der Waals surface area contributed by atoms with Crippen molar-refractivity contribution in [3.8, 4) is 15.6 Å². The van der Waals surface area contributed by atoms with Crippen LogP contribution in [0.15, 0.2) is 41.9 Å². The molecular weight excluding hydrogens is 406 g/mol. The lowest BCUT2D eigenvalue weighted by atomic mass is 9.94. The number of ether oxygens (including phenoxy) is 1. The van der Waals surface area contributed by atoms with E-state index in [-0.39, 0.29) is 11.8 Å². The van der Waals surface area contributed by atoms with Crippen molar-refractivity contribution in [2.24, 2.45) is 5.41 Å². The molecule has 1 aliphatic rings. The maximum Gasteiger partial charge on any atom is 0.267 e. The third kappa shape index (κ3) is 4.04. The van der Waals surface area contributed by atoms with Crippen molar-refractivity contribution in [1.82, 2.24) is 4.98 Å². The maximum absolute atomic E-state index is 12.8. The molecule has 1 aromatic carbocycles. The van der Waals surface area contributed by atoms with Gasteiger partial charge in [-0.2, -0.15) is 0 Å². The number of carbonyl (C=O) groups excluding carboxylic acids is 2. The van der Waals surface area contributed by atoms with E-state index in [0.29, 0.717) is 35.2 Å². The SMILES string of the molecule is CC(C)(C)C(=O)N1CCOc2ccc(NC(=O)c3cnc(-c4cccs4)s3)cc21. The van der Waals surface area contributed by atoms with E-state index in [9.17, 15) is 9.59 Å². The molecule has 1 aliphatic heterocycles. The zero-order valence-corrected chi connectivity index (χ0v) is 18.0. The highest BCUT2D eigenvalue weighted by Crippen LogP contribution is 2.37. The second kappa shape index (κ2) is 7.61. The molecule has 0 fully saturated rings. The lowest BCUT2D eigenvalue weighted by Crippen LogP contribution is -2.44. The summed E-state index contributed by atoms with van der Waals surface area (Å²) >= 11 is 2.94. The number of aromatic nitrogens is 1. The molecule has 0 bridgehead atoms. The molecule has 0 saturated heterocycles. The van der Waals surface area contributed by atoms with Crippen molar-refractivity contribution in [3.63, 3.8) is 0 Å². The molecule has 3 aromatic rings. The Labute approximate surface area is 177 Å². The van der Waals surface area contributed by atoms with E-state index >= 15 is 0 Å². The van der Waals surface area contributed by atoms with Gasteiger partial charge in [-0.05, 0) is 29.6 Å². The van der Waals surface area contributed by atoms with Crippen molar-refractivity contribution in [2.45, 2.75) is 20.8 Å². The summed E-state index contributed by atoms with van der Waals surface area (Å²) in [5.74, 6) is 0.439. The van der Waals surface area contributed by atoms with Crippen LogP contribution in [0.3, 0.4) is 0 Å². The van der Waals surface area contributed by atoms with E-state index in [4.69, 9.17) is 4.74 Å². The molecule has 8 heteroatoms. The Morgan fingerprint density at radius 3 is 2.79 bits per heavy atom. The molecule has 6 nitrogen and oxygen atoms in total. The second-order valence-electron chi connectivity index (χ2n) is 7.70. The topological polar surface area (TPSA) is 71.5 Å². The monoisotopic (exact) mass is 427 g/mol. The molecule has 4 rings (SSSR count). The number of carbonyl (C=O) groups is 2. The van der Waals surface area contributed by atoms with Crippen LogP contribution < -0.4 is 15.0 Å². The van der Waals surface area contributed by atoms with Crippen molar-refractivity contribution in [3.05, 3.63) is 46.8 Å². The number of anilines is 2. The Morgan fingerprint density at radius 2 is 2.07 bits per heavy atom. The quantitative estimate of drug-likeness (QED) is 0.646. The summed E-state index contributed by atoms with van der Waals surface area (Å²) in [6, 6.07) is 9.30. The molecule has 150 valence electrons. The molecular formula is C21H21N3O3S2. The summed E-state index contributed by atoms with van der Waals surface area (Å²) in [7, 11) is 0. The van der Waals surface area contributed by atoms with Crippen molar-refractivity contribution < 1.29 is 14.3 Å². The third-order valence-corrected chi connectivity index (χ3v) is 6.46. The number of fused-ring (bicyclic) bond motifs is 1. The fourth-order valence-corrected chi connectivity index (χ4v) is 4.61. The fourth-order valence-electron chi connectivity index (χ4n) is 3.00. The molecule has 0 saturated carbocycles. The Kier molecular flexibility index (Phi) is 5.14. The van der Waals surface area contributed by atoms with Gasteiger partial charge in [-0.3, -0.25) is 9.59 Å². The predicted molar refractivity (Wildman–Crippen MR) is 117 cm³/mol. The molecule has 0 spiro atoms. The van der Waals surface area contributed by atoms with Crippen LogP contribution in [0.25, 0.3) is 9.88 Å². The minimum Gasteiger partial charge on any atom is -0.490 e. The van der Waals surface area contributed by atoms with E-state index in [1.807, 2.05) is 38.3 Å². The standard InChI is InChI=1S/C21H21N3O3S2/c1-21(2,3)20(26)24-8-9-27-15-7-6-13(11-14(15)24)23-18(25)17-12-22-19(29-17)16-5-4-10-28-16/h4-7,10-12H,8-9H2,1-3H3,(H,23,25). The number of thiazole rings is 1. The van der Waals surface area contributed by atoms with E-state index in [2.05, 4.69) is 10.3 Å². The minimum absolute atomic E-state index is 0.0218. The summed E-state index contributed by atoms with van der Waals surface area (Å²) < 4.78 is 5.69. The van der Waals surface area contributed by atoms with E-state index < -0.39 is 5.41 Å². The first kappa shape index (κ1) is 19.6. The van der Waals surface area contributed by atoms with Gasteiger partial charge in [-0.15, -0.1) is 22.7 Å². The molecule has 2 aromatic heterocycles. The second-order valence-corrected chi connectivity index (χ2v) is 9.68. The van der Waals surface area contributed by atoms with E-state index in [1.165, 1.54) is 11.3 Å². The highest BCUT2D eigenvalue weighted by atomic mass is 32.1. The van der Waals surface area contributed by atoms with Crippen molar-refractivity contribution in [2.75, 3.05) is 23.4 Å². The minimum atomic E-state index is -0.505. The third-order valence-electron chi connectivity index (χ3n) is 4.43. The molecule has 0 radical (unpaired) electrons. The van der Waals surface area contributed by atoms with Crippen LogP contribution in [0.4, 0.5) is 11.4 Å². The number of hydrogen-bond acceptors (Lipinski definition) is 6. The van der Waals surface area contributed by atoms with Crippen molar-refractivity contribution >= 4 is 45.9 Å². The fraction of sp³-hybridized carbons (Fsp3) is 0.286. The summed E-state index contributed by atoms with van der Waals surface area (Å²) in [5.41, 5.74) is 0.781. The largest absolute Gasteiger partial charge is 0.490 e. The molecule has 0 atom stereocenters. The Bertz CT molecular complexity index is 1050. The predicted octanol–water partition coefficient (Wildman–Crippen LogP) is 4.90. The smallest absolute Gasteiger partial charge is 0.267 e. The number of nitrogens with zero attached hydrogens (tertiary/aromatic N) is 2. The lowest BCUT2D eigenvalue weighted by molar-refractivity contribution is -0.126. The number of rotatable bonds is 3. The number of hydrogen-bond donors (Lipinski definition) is 1. The van der Waals surface area contributed by atoms with Crippen molar-refractivity contribution in [1.29, 1.82) is 0 Å². The first-order valence-electron chi connectivity index (χ1n) is 9.23. The zero-order valence-electron chi connectivity index (χ0n) is 16.4. The Morgan fingerprint density at radius 1 is 1.24 bits per heavy atom. The maximum atomic E-state index is 12.8. The van der Waals surface area contributed by atoms with Crippen LogP contribution in [0, 0.1) is 5.41 Å². The van der Waals surface area contributed by atoms with Crippen LogP contribution in [-0.2, 0) is 4.79 Å². The summed E-state index contributed by atoms with van der Waals surface area (Å²) in [4.78, 5) is 33.2. The first-order valence-corrected chi connectivity index (χ1v) is 10.9. The van der Waals surface area contributed by atoms with Gasteiger partial charge in [0, 0.05) is 11.1 Å². The van der Waals surface area contributed by atoms with Crippen LogP contribution in [-0.4, -0.2) is 29.9 Å². The number of nitrogens with one attached hydrogen (secondary N) is 1. The van der Waals surface area contributed by atoms with E-state index in [1.54, 1.807) is 40.6 Å². The number of benzene rings is 1. The number of thiophene rings is 1. The molecule has 0 aliphatic carbocycles. The molecule has 1 N–H and O–H groups in total. The van der Waals surface area contributed by atoms with Gasteiger partial charge in [0.15, 0.2) is 0 Å². The van der Waals surface area contributed by atoms with Gasteiger partial charge < -0.3 is 15.0 Å². The summed E-state index contributed by atoms with van der Waals surface area (Å²) in [6.45, 7) is 6.62. The number of amides is 2. The normalized spacial score (nSPS) is 13.6. The zero-order chi connectivity index (χ0) is 20.6. The van der Waals surface area contributed by atoms with Gasteiger partial charge in [-0.25, -0.2) is 4.98 Å². The molecule has 0 unspecified atom stereocenters. The van der Waals surface area contributed by atoms with E-state index in [0.717, 1.165) is 9.88 Å². The van der Waals surface area contributed by atoms with Gasteiger partial charge in [0.25, 0.3) is 5.91 Å². The lowest BCUT2D eigenvalue weighted by Gasteiger charge is -2.34. The highest BCUT2D eigenvalue weighted by Gasteiger charge is 2.32. The van der Waals surface area contributed by atoms with Crippen LogP contribution >= 0.6 is 22.7 Å². The van der Waals surface area contributed by atoms with Gasteiger partial charge in [0.2, 0.25) is 5.91 Å². The van der Waals surface area contributed by atoms with Gasteiger partial charge in [-0.1, -0.05) is 26.8 Å².